The SMILES string of the molecule is CSCC[C@](C)(O)CNS(=O)(=O)c1ccccc1. The maximum atomic E-state index is 11.9. The van der Waals surface area contributed by atoms with Gasteiger partial charge in [-0.15, -0.1) is 0 Å². The Hall–Kier alpha value is -0.560. The number of aliphatic hydroxyl groups is 1. The molecule has 102 valence electrons. The maximum absolute atomic E-state index is 11.9. The first-order valence-corrected chi connectivity index (χ1v) is 8.51. The van der Waals surface area contributed by atoms with Gasteiger partial charge in [-0.3, -0.25) is 0 Å². The molecule has 18 heavy (non-hydrogen) atoms. The van der Waals surface area contributed by atoms with Gasteiger partial charge in [-0.25, -0.2) is 13.1 Å². The van der Waals surface area contributed by atoms with Crippen molar-refractivity contribution in [2.24, 2.45) is 0 Å². The number of hydrogen-bond acceptors (Lipinski definition) is 4. The average Bonchev–Trinajstić information content (AvgIpc) is 2.36. The summed E-state index contributed by atoms with van der Waals surface area (Å²) in [7, 11) is -3.54. The van der Waals surface area contributed by atoms with Gasteiger partial charge in [0.25, 0.3) is 0 Å². The Morgan fingerprint density at radius 1 is 1.33 bits per heavy atom. The predicted octanol–water partition coefficient (Wildman–Crippen LogP) is 1.47. The van der Waals surface area contributed by atoms with Crippen LogP contribution in [0.25, 0.3) is 0 Å². The molecule has 0 radical (unpaired) electrons. The van der Waals surface area contributed by atoms with Crippen LogP contribution in [0.4, 0.5) is 0 Å². The van der Waals surface area contributed by atoms with Crippen LogP contribution in [0, 0.1) is 0 Å². The van der Waals surface area contributed by atoms with Crippen molar-refractivity contribution >= 4 is 21.8 Å². The molecule has 0 aliphatic rings. The van der Waals surface area contributed by atoms with Gasteiger partial charge in [0.1, 0.15) is 0 Å². The van der Waals surface area contributed by atoms with Crippen LogP contribution in [0.1, 0.15) is 13.3 Å². The fourth-order valence-electron chi connectivity index (χ4n) is 1.34. The van der Waals surface area contributed by atoms with E-state index < -0.39 is 15.6 Å². The second-order valence-corrected chi connectivity index (χ2v) is 7.13. The summed E-state index contributed by atoms with van der Waals surface area (Å²) in [4.78, 5) is 0.214. The molecule has 0 saturated carbocycles. The third-order valence-electron chi connectivity index (χ3n) is 2.54. The van der Waals surface area contributed by atoms with E-state index in [0.29, 0.717) is 6.42 Å². The molecule has 0 spiro atoms. The van der Waals surface area contributed by atoms with Crippen LogP contribution in [0.5, 0.6) is 0 Å². The normalized spacial score (nSPS) is 15.3. The van der Waals surface area contributed by atoms with Crippen LogP contribution in [-0.4, -0.2) is 37.7 Å². The molecule has 4 nitrogen and oxygen atoms in total. The van der Waals surface area contributed by atoms with Crippen molar-refractivity contribution in [2.45, 2.75) is 23.8 Å². The highest BCUT2D eigenvalue weighted by Crippen LogP contribution is 2.13. The second kappa shape index (κ2) is 6.56. The minimum Gasteiger partial charge on any atom is -0.389 e. The average molecular weight is 289 g/mol. The summed E-state index contributed by atoms with van der Waals surface area (Å²) >= 11 is 1.62. The van der Waals surface area contributed by atoms with E-state index in [9.17, 15) is 13.5 Å². The Kier molecular flexibility index (Phi) is 5.65. The Bertz CT molecular complexity index is 457. The Morgan fingerprint density at radius 2 is 1.94 bits per heavy atom. The summed E-state index contributed by atoms with van der Waals surface area (Å²) in [5, 5.41) is 10.0. The topological polar surface area (TPSA) is 66.4 Å². The van der Waals surface area contributed by atoms with E-state index in [4.69, 9.17) is 0 Å². The number of hydrogen-bond donors (Lipinski definition) is 2. The summed E-state index contributed by atoms with van der Waals surface area (Å²) in [6.07, 6.45) is 2.50. The van der Waals surface area contributed by atoms with Crippen LogP contribution in [-0.2, 0) is 10.0 Å². The van der Waals surface area contributed by atoms with Gasteiger partial charge in [0, 0.05) is 6.54 Å². The van der Waals surface area contributed by atoms with E-state index in [0.717, 1.165) is 5.75 Å². The summed E-state index contributed by atoms with van der Waals surface area (Å²) in [5.74, 6) is 0.792. The second-order valence-electron chi connectivity index (χ2n) is 4.38. The molecule has 0 aliphatic carbocycles. The zero-order valence-corrected chi connectivity index (χ0v) is 12.2. The third-order valence-corrected chi connectivity index (χ3v) is 4.57. The Labute approximate surface area is 113 Å². The largest absolute Gasteiger partial charge is 0.389 e. The molecule has 1 atom stereocenters. The van der Waals surface area contributed by atoms with Gasteiger partial charge >= 0.3 is 0 Å². The van der Waals surface area contributed by atoms with E-state index in [1.807, 2.05) is 6.26 Å². The number of benzene rings is 1. The molecule has 0 saturated heterocycles. The van der Waals surface area contributed by atoms with Gasteiger partial charge < -0.3 is 5.11 Å². The first-order chi connectivity index (χ1) is 8.37. The van der Waals surface area contributed by atoms with Crippen LogP contribution in [0.3, 0.4) is 0 Å². The van der Waals surface area contributed by atoms with E-state index in [2.05, 4.69) is 4.72 Å². The molecule has 0 aliphatic heterocycles. The van der Waals surface area contributed by atoms with Gasteiger partial charge in [0.2, 0.25) is 10.0 Å². The van der Waals surface area contributed by atoms with Gasteiger partial charge in [0.15, 0.2) is 0 Å². The van der Waals surface area contributed by atoms with Gasteiger partial charge in [-0.2, -0.15) is 11.8 Å². The van der Waals surface area contributed by atoms with Crippen LogP contribution >= 0.6 is 11.8 Å². The minimum absolute atomic E-state index is 0.0186. The Morgan fingerprint density at radius 3 is 2.50 bits per heavy atom. The molecule has 1 aromatic carbocycles. The summed E-state index contributed by atoms with van der Waals surface area (Å²) in [6.45, 7) is 1.65. The number of nitrogens with one attached hydrogen (secondary N) is 1. The maximum Gasteiger partial charge on any atom is 0.240 e. The van der Waals surface area contributed by atoms with E-state index in [1.165, 1.54) is 12.1 Å². The first kappa shape index (κ1) is 15.5. The molecule has 0 aromatic heterocycles. The molecular formula is C12H19NO3S2. The van der Waals surface area contributed by atoms with Crippen LogP contribution in [0.15, 0.2) is 35.2 Å². The fraction of sp³-hybridized carbons (Fsp3) is 0.500. The number of sulfonamides is 1. The molecule has 0 heterocycles. The quantitative estimate of drug-likeness (QED) is 0.798. The van der Waals surface area contributed by atoms with Crippen molar-refractivity contribution in [2.75, 3.05) is 18.6 Å². The van der Waals surface area contributed by atoms with E-state index in [-0.39, 0.29) is 11.4 Å². The molecule has 0 bridgehead atoms. The van der Waals surface area contributed by atoms with Gasteiger partial charge in [0.05, 0.1) is 10.5 Å². The van der Waals surface area contributed by atoms with Gasteiger partial charge in [-0.1, -0.05) is 18.2 Å². The predicted molar refractivity (Wildman–Crippen MR) is 75.3 cm³/mol. The molecule has 1 rings (SSSR count). The molecular weight excluding hydrogens is 270 g/mol. The van der Waals surface area contributed by atoms with E-state index in [1.54, 1.807) is 36.9 Å². The monoisotopic (exact) mass is 289 g/mol. The highest BCUT2D eigenvalue weighted by Gasteiger charge is 2.23. The van der Waals surface area contributed by atoms with Crippen molar-refractivity contribution in [1.29, 1.82) is 0 Å². The molecule has 1 aromatic rings. The van der Waals surface area contributed by atoms with Crippen molar-refractivity contribution in [3.63, 3.8) is 0 Å². The zero-order valence-electron chi connectivity index (χ0n) is 10.6. The molecule has 2 N–H and O–H groups in total. The summed E-state index contributed by atoms with van der Waals surface area (Å²) in [5.41, 5.74) is -1.02. The lowest BCUT2D eigenvalue weighted by Gasteiger charge is -2.23. The lowest BCUT2D eigenvalue weighted by atomic mass is 10.1. The standard InChI is InChI=1S/C12H19NO3S2/c1-12(14,8-9-17-2)10-13-18(15,16)11-6-4-3-5-7-11/h3-7,13-14H,8-10H2,1-2H3/t12-/m0/s1. The lowest BCUT2D eigenvalue weighted by molar-refractivity contribution is 0.0626. The zero-order chi connectivity index (χ0) is 13.6. The minimum atomic E-state index is -3.54. The lowest BCUT2D eigenvalue weighted by Crippen LogP contribution is -2.40. The Balaban J connectivity index is 2.63. The van der Waals surface area contributed by atoms with Crippen LogP contribution < -0.4 is 4.72 Å². The highest BCUT2D eigenvalue weighted by atomic mass is 32.2. The highest BCUT2D eigenvalue weighted by molar-refractivity contribution is 7.98. The van der Waals surface area contributed by atoms with E-state index >= 15 is 0 Å². The van der Waals surface area contributed by atoms with Crippen molar-refractivity contribution in [3.8, 4) is 0 Å². The molecule has 0 amide bonds. The summed E-state index contributed by atoms with van der Waals surface area (Å²) < 4.78 is 26.3. The van der Waals surface area contributed by atoms with Crippen LogP contribution in [0.2, 0.25) is 0 Å². The molecule has 0 unspecified atom stereocenters. The molecule has 6 heteroatoms. The fourth-order valence-corrected chi connectivity index (χ4v) is 3.17. The summed E-state index contributed by atoms with van der Waals surface area (Å²) in [6, 6.07) is 8.15. The van der Waals surface area contributed by atoms with Crippen molar-refractivity contribution < 1.29 is 13.5 Å². The van der Waals surface area contributed by atoms with Crippen molar-refractivity contribution in [1.82, 2.24) is 4.72 Å². The third kappa shape index (κ3) is 4.97. The number of rotatable bonds is 7. The first-order valence-electron chi connectivity index (χ1n) is 5.63. The van der Waals surface area contributed by atoms with Gasteiger partial charge in [-0.05, 0) is 37.5 Å². The van der Waals surface area contributed by atoms with Crippen molar-refractivity contribution in [3.05, 3.63) is 30.3 Å². The number of thioether (sulfide) groups is 1. The smallest absolute Gasteiger partial charge is 0.240 e. The molecule has 0 fully saturated rings.